The van der Waals surface area contributed by atoms with Crippen molar-refractivity contribution in [2.75, 3.05) is 7.11 Å². The average Bonchev–Trinajstić information content (AvgIpc) is 2.77. The zero-order valence-electron chi connectivity index (χ0n) is 19.3. The standard InChI is InChI=1S/C23H24ClN3O6S/c1-11-9-15(14(4)32-17-7-8-18(24)27-23(17)34(25,29)30)22-16(10-11)19(28)12(2)20(33-22)21(31-6)13(3)26-5/h7-10,14H,5H2,1-4,6H3,(H2,25,29,30)/b21-13-. The predicted molar refractivity (Wildman–Crippen MR) is 131 cm³/mol. The van der Waals surface area contributed by atoms with Crippen molar-refractivity contribution in [1.82, 2.24) is 4.98 Å². The van der Waals surface area contributed by atoms with Gasteiger partial charge < -0.3 is 13.9 Å². The summed E-state index contributed by atoms with van der Waals surface area (Å²) in [6.45, 7) is 10.3. The second-order valence-electron chi connectivity index (χ2n) is 7.64. The topological polar surface area (TPSA) is 134 Å². The molecule has 0 radical (unpaired) electrons. The van der Waals surface area contributed by atoms with E-state index in [4.69, 9.17) is 30.6 Å². The Labute approximate surface area is 201 Å². The fourth-order valence-corrected chi connectivity index (χ4v) is 4.33. The lowest BCUT2D eigenvalue weighted by atomic mass is 10.0. The highest BCUT2D eigenvalue weighted by molar-refractivity contribution is 7.89. The summed E-state index contributed by atoms with van der Waals surface area (Å²) in [4.78, 5) is 20.9. The van der Waals surface area contributed by atoms with Crippen LogP contribution in [-0.2, 0) is 14.8 Å². The number of allylic oxidation sites excluding steroid dienone is 1. The summed E-state index contributed by atoms with van der Waals surface area (Å²) < 4.78 is 41.5. The van der Waals surface area contributed by atoms with Crippen molar-refractivity contribution in [3.05, 3.63) is 67.8 Å². The number of benzene rings is 1. The molecule has 0 amide bonds. The van der Waals surface area contributed by atoms with Crippen molar-refractivity contribution >= 4 is 45.1 Å². The first kappa shape index (κ1) is 25.4. The lowest BCUT2D eigenvalue weighted by molar-refractivity contribution is 0.218. The van der Waals surface area contributed by atoms with Crippen molar-refractivity contribution in [3.63, 3.8) is 0 Å². The van der Waals surface area contributed by atoms with E-state index in [-0.39, 0.29) is 33.4 Å². The lowest BCUT2D eigenvalue weighted by Crippen LogP contribution is -2.17. The fraction of sp³-hybridized carbons (Fsp3) is 0.261. The molecule has 0 aliphatic carbocycles. The van der Waals surface area contributed by atoms with E-state index in [0.29, 0.717) is 22.2 Å². The number of hydrogen-bond donors (Lipinski definition) is 1. The van der Waals surface area contributed by atoms with Crippen LogP contribution in [-0.4, -0.2) is 27.2 Å². The highest BCUT2D eigenvalue weighted by Gasteiger charge is 2.24. The van der Waals surface area contributed by atoms with Crippen molar-refractivity contribution < 1.29 is 22.3 Å². The first-order valence-electron chi connectivity index (χ1n) is 10.0. The summed E-state index contributed by atoms with van der Waals surface area (Å²) >= 11 is 5.84. The molecule has 2 aromatic heterocycles. The Morgan fingerprint density at radius 2 is 1.97 bits per heavy atom. The Kier molecular flexibility index (Phi) is 7.15. The minimum absolute atomic E-state index is 0.0544. The molecule has 3 rings (SSSR count). The van der Waals surface area contributed by atoms with Gasteiger partial charge >= 0.3 is 0 Å². The number of nitrogens with two attached hydrogens (primary N) is 1. The van der Waals surface area contributed by atoms with Crippen LogP contribution >= 0.6 is 11.6 Å². The van der Waals surface area contributed by atoms with Crippen LogP contribution in [0, 0.1) is 13.8 Å². The van der Waals surface area contributed by atoms with Gasteiger partial charge in [0.15, 0.2) is 22.7 Å². The predicted octanol–water partition coefficient (Wildman–Crippen LogP) is 4.28. The molecular formula is C23H24ClN3O6S. The van der Waals surface area contributed by atoms with Crippen molar-refractivity contribution in [3.8, 4) is 5.75 Å². The Balaban J connectivity index is 2.26. The van der Waals surface area contributed by atoms with Crippen molar-refractivity contribution in [1.29, 1.82) is 0 Å². The summed E-state index contributed by atoms with van der Waals surface area (Å²) in [7, 11) is -2.77. The van der Waals surface area contributed by atoms with E-state index >= 15 is 0 Å². The number of primary sulfonamides is 1. The molecule has 3 aromatic rings. The molecule has 180 valence electrons. The second kappa shape index (κ2) is 9.57. The molecule has 0 fully saturated rings. The van der Waals surface area contributed by atoms with E-state index in [1.54, 1.807) is 32.9 Å². The smallest absolute Gasteiger partial charge is 0.259 e. The molecule has 11 heteroatoms. The zero-order chi connectivity index (χ0) is 25.4. The van der Waals surface area contributed by atoms with E-state index in [0.717, 1.165) is 5.56 Å². The maximum Gasteiger partial charge on any atom is 0.259 e. The van der Waals surface area contributed by atoms with Gasteiger partial charge in [0.1, 0.15) is 16.8 Å². The maximum atomic E-state index is 13.2. The number of sulfonamides is 1. The minimum Gasteiger partial charge on any atom is -0.491 e. The molecule has 0 saturated carbocycles. The van der Waals surface area contributed by atoms with Gasteiger partial charge in [0.25, 0.3) is 10.0 Å². The number of rotatable bonds is 7. The number of methoxy groups -OCH3 is 1. The number of ether oxygens (including phenoxy) is 2. The number of aliphatic imine (C=N–C) groups is 1. The number of hydrogen-bond acceptors (Lipinski definition) is 8. The molecule has 1 unspecified atom stereocenters. The third kappa shape index (κ3) is 4.84. The van der Waals surface area contributed by atoms with Crippen LogP contribution in [0.2, 0.25) is 5.15 Å². The zero-order valence-corrected chi connectivity index (χ0v) is 20.9. The fourth-order valence-electron chi connectivity index (χ4n) is 3.52. The Bertz CT molecular complexity index is 1490. The summed E-state index contributed by atoms with van der Waals surface area (Å²) in [5, 5.41) is 5.07. The molecule has 34 heavy (non-hydrogen) atoms. The normalized spacial score (nSPS) is 13.4. The molecule has 0 saturated heterocycles. The monoisotopic (exact) mass is 505 g/mol. The molecule has 2 heterocycles. The summed E-state index contributed by atoms with van der Waals surface area (Å²) in [6, 6.07) is 6.24. The minimum atomic E-state index is -4.21. The summed E-state index contributed by atoms with van der Waals surface area (Å²) in [5.74, 6) is 0.388. The van der Waals surface area contributed by atoms with Crippen LogP contribution in [0.4, 0.5) is 0 Å². The van der Waals surface area contributed by atoms with Gasteiger partial charge in [-0.15, -0.1) is 0 Å². The van der Waals surface area contributed by atoms with Gasteiger partial charge in [0, 0.05) is 11.1 Å². The van der Waals surface area contributed by atoms with Crippen LogP contribution in [0.5, 0.6) is 5.75 Å². The molecule has 0 aliphatic heterocycles. The van der Waals surface area contributed by atoms with E-state index in [9.17, 15) is 13.2 Å². The number of nitrogens with zero attached hydrogens (tertiary/aromatic N) is 2. The Hall–Kier alpha value is -3.21. The van der Waals surface area contributed by atoms with Crippen LogP contribution in [0.25, 0.3) is 16.7 Å². The first-order valence-corrected chi connectivity index (χ1v) is 12.0. The van der Waals surface area contributed by atoms with Gasteiger partial charge in [-0.05, 0) is 64.2 Å². The number of fused-ring (bicyclic) bond motifs is 1. The number of aryl methyl sites for hydroxylation is 1. The Morgan fingerprint density at radius 3 is 2.56 bits per heavy atom. The molecule has 0 spiro atoms. The number of pyridine rings is 1. The van der Waals surface area contributed by atoms with Crippen LogP contribution in [0.15, 0.2) is 49.2 Å². The van der Waals surface area contributed by atoms with Crippen molar-refractivity contribution in [2.24, 2.45) is 10.1 Å². The Morgan fingerprint density at radius 1 is 1.29 bits per heavy atom. The largest absolute Gasteiger partial charge is 0.491 e. The van der Waals surface area contributed by atoms with Gasteiger partial charge in [0.05, 0.1) is 18.2 Å². The third-order valence-electron chi connectivity index (χ3n) is 5.17. The first-order chi connectivity index (χ1) is 15.9. The van der Waals surface area contributed by atoms with Gasteiger partial charge in [-0.2, -0.15) is 0 Å². The molecular weight excluding hydrogens is 482 g/mol. The van der Waals surface area contributed by atoms with E-state index in [1.165, 1.54) is 19.2 Å². The van der Waals surface area contributed by atoms with Gasteiger partial charge in [-0.25, -0.2) is 18.5 Å². The maximum absolute atomic E-state index is 13.2. The van der Waals surface area contributed by atoms with E-state index in [1.807, 2.05) is 6.92 Å². The molecule has 1 aromatic carbocycles. The number of aromatic nitrogens is 1. The SMILES string of the molecule is C=N/C(C)=C(\OC)c1oc2c(C(C)Oc3ccc(Cl)nc3S(N)(=O)=O)cc(C)cc2c(=O)c1C. The van der Waals surface area contributed by atoms with Crippen molar-refractivity contribution in [2.45, 2.75) is 38.8 Å². The van der Waals surface area contributed by atoms with Crippen LogP contribution in [0.1, 0.15) is 42.4 Å². The van der Waals surface area contributed by atoms with Crippen LogP contribution in [0.3, 0.4) is 0 Å². The third-order valence-corrected chi connectivity index (χ3v) is 6.21. The second-order valence-corrected chi connectivity index (χ2v) is 9.50. The summed E-state index contributed by atoms with van der Waals surface area (Å²) in [5.41, 5.74) is 2.08. The average molecular weight is 506 g/mol. The molecule has 9 nitrogen and oxygen atoms in total. The van der Waals surface area contributed by atoms with E-state index < -0.39 is 21.2 Å². The highest BCUT2D eigenvalue weighted by atomic mass is 35.5. The van der Waals surface area contributed by atoms with E-state index in [2.05, 4.69) is 16.7 Å². The highest BCUT2D eigenvalue weighted by Crippen LogP contribution is 2.34. The molecule has 1 atom stereocenters. The summed E-state index contributed by atoms with van der Waals surface area (Å²) in [6.07, 6.45) is -0.766. The number of halogens is 1. The molecule has 2 N–H and O–H groups in total. The van der Waals surface area contributed by atoms with Gasteiger partial charge in [0.2, 0.25) is 5.03 Å². The van der Waals surface area contributed by atoms with Gasteiger partial charge in [-0.1, -0.05) is 11.6 Å². The van der Waals surface area contributed by atoms with Gasteiger partial charge in [-0.3, -0.25) is 9.79 Å². The lowest BCUT2D eigenvalue weighted by Gasteiger charge is -2.19. The molecule has 0 bridgehead atoms. The van der Waals surface area contributed by atoms with Crippen LogP contribution < -0.4 is 15.3 Å². The molecule has 0 aliphatic rings. The quantitative estimate of drug-likeness (QED) is 0.287.